The molecule has 0 aliphatic carbocycles. The van der Waals surface area contributed by atoms with Crippen molar-refractivity contribution in [3.8, 4) is 0 Å². The largest absolute Gasteiger partial charge is 0.369 e. The number of amides is 1. The molecular weight excluding hydrogens is 503 g/mol. The van der Waals surface area contributed by atoms with Crippen molar-refractivity contribution in [1.82, 2.24) is 15.6 Å². The summed E-state index contributed by atoms with van der Waals surface area (Å²) < 4.78 is 0. The predicted molar refractivity (Wildman–Crippen MR) is 140 cm³/mol. The van der Waals surface area contributed by atoms with Crippen molar-refractivity contribution >= 4 is 41.7 Å². The van der Waals surface area contributed by atoms with Crippen LogP contribution in [0.15, 0.2) is 23.3 Å². The molecule has 2 rings (SSSR count). The number of carbonyl (C=O) groups is 1. The third kappa shape index (κ3) is 9.62. The summed E-state index contributed by atoms with van der Waals surface area (Å²) in [6, 6.07) is 4.39. The molecule has 31 heavy (non-hydrogen) atoms. The quantitative estimate of drug-likeness (QED) is 0.171. The van der Waals surface area contributed by atoms with E-state index in [9.17, 15) is 4.79 Å². The summed E-state index contributed by atoms with van der Waals surface area (Å²) in [7, 11) is 0. The van der Waals surface area contributed by atoms with Crippen LogP contribution in [-0.4, -0.2) is 42.5 Å². The van der Waals surface area contributed by atoms with Crippen LogP contribution in [0.4, 0.5) is 5.82 Å². The van der Waals surface area contributed by atoms with Crippen molar-refractivity contribution in [1.29, 1.82) is 0 Å². The maximum absolute atomic E-state index is 11.7. The van der Waals surface area contributed by atoms with Crippen LogP contribution in [-0.2, 0) is 11.3 Å². The Kier molecular flexibility index (Phi) is 13.5. The molecule has 2 heterocycles. The van der Waals surface area contributed by atoms with Gasteiger partial charge in [-0.05, 0) is 39.2 Å². The zero-order valence-corrected chi connectivity index (χ0v) is 21.7. The molecule has 1 amide bonds. The summed E-state index contributed by atoms with van der Waals surface area (Å²) >= 11 is 0. The highest BCUT2D eigenvalue weighted by Crippen LogP contribution is 2.25. The van der Waals surface area contributed by atoms with Crippen molar-refractivity contribution in [3.05, 3.63) is 23.9 Å². The number of halogens is 1. The van der Waals surface area contributed by atoms with E-state index in [1.165, 1.54) is 25.7 Å². The van der Waals surface area contributed by atoms with Crippen LogP contribution in [0.1, 0.15) is 71.3 Å². The lowest BCUT2D eigenvalue weighted by Gasteiger charge is -2.33. The molecule has 1 aromatic rings. The number of rotatable bonds is 11. The first-order valence-electron chi connectivity index (χ1n) is 11.6. The lowest BCUT2D eigenvalue weighted by Crippen LogP contribution is -2.42. The lowest BCUT2D eigenvalue weighted by molar-refractivity contribution is -0.122. The second-order valence-corrected chi connectivity index (χ2v) is 8.26. The minimum atomic E-state index is -0.221. The highest BCUT2D eigenvalue weighted by Gasteiger charge is 2.25. The van der Waals surface area contributed by atoms with E-state index < -0.39 is 0 Å². The lowest BCUT2D eigenvalue weighted by atomic mass is 9.97. The first-order chi connectivity index (χ1) is 14.5. The van der Waals surface area contributed by atoms with Gasteiger partial charge in [-0.1, -0.05) is 38.7 Å². The van der Waals surface area contributed by atoms with Crippen LogP contribution in [0.3, 0.4) is 0 Å². The van der Waals surface area contributed by atoms with E-state index >= 15 is 0 Å². The van der Waals surface area contributed by atoms with Gasteiger partial charge in [0.1, 0.15) is 5.82 Å². The number of nitrogens with one attached hydrogen (secondary N) is 2. The molecule has 2 atom stereocenters. The average molecular weight is 545 g/mol. The van der Waals surface area contributed by atoms with Crippen molar-refractivity contribution in [2.45, 2.75) is 78.3 Å². The molecule has 176 valence electrons. The number of piperidine rings is 1. The fourth-order valence-electron chi connectivity index (χ4n) is 3.91. The second kappa shape index (κ2) is 15.3. The molecule has 0 spiro atoms. The number of aromatic nitrogens is 1. The SMILES string of the molecule is CCCCCCC(C)NC(=NCc1cccnc1N1CCCC(C(N)=O)C1)NCC.I. The maximum atomic E-state index is 11.7. The molecule has 7 nitrogen and oxygen atoms in total. The van der Waals surface area contributed by atoms with Crippen LogP contribution in [0.25, 0.3) is 0 Å². The monoisotopic (exact) mass is 544 g/mol. The number of nitrogens with zero attached hydrogens (tertiary/aromatic N) is 3. The number of aliphatic imine (C=N–C) groups is 1. The molecule has 1 aliphatic heterocycles. The van der Waals surface area contributed by atoms with Gasteiger partial charge in [-0.2, -0.15) is 0 Å². The number of carbonyl (C=O) groups excluding carboxylic acids is 1. The molecule has 8 heteroatoms. The summed E-state index contributed by atoms with van der Waals surface area (Å²) in [5.41, 5.74) is 6.62. The number of unbranched alkanes of at least 4 members (excludes halogenated alkanes) is 3. The normalized spacial score (nSPS) is 17.6. The molecule has 2 unspecified atom stereocenters. The Balaban J connectivity index is 0.00000480. The van der Waals surface area contributed by atoms with E-state index in [0.717, 1.165) is 49.7 Å². The topological polar surface area (TPSA) is 95.6 Å². The van der Waals surface area contributed by atoms with E-state index in [1.54, 1.807) is 6.20 Å². The highest BCUT2D eigenvalue weighted by atomic mass is 127. The van der Waals surface area contributed by atoms with Crippen LogP contribution < -0.4 is 21.3 Å². The molecule has 4 N–H and O–H groups in total. The molecule has 0 bridgehead atoms. The Bertz CT molecular complexity index is 684. The van der Waals surface area contributed by atoms with E-state index in [-0.39, 0.29) is 35.8 Å². The fraction of sp³-hybridized carbons (Fsp3) is 0.696. The molecule has 1 aliphatic rings. The number of guanidine groups is 1. The fourth-order valence-corrected chi connectivity index (χ4v) is 3.91. The first kappa shape index (κ1) is 27.5. The zero-order chi connectivity index (χ0) is 21.8. The molecule has 1 aromatic heterocycles. The summed E-state index contributed by atoms with van der Waals surface area (Å²) in [5.74, 6) is 1.42. The van der Waals surface area contributed by atoms with Crippen LogP contribution in [0, 0.1) is 5.92 Å². The molecule has 0 saturated carbocycles. The molecule has 0 radical (unpaired) electrons. The Labute approximate surface area is 205 Å². The van der Waals surface area contributed by atoms with E-state index in [1.807, 2.05) is 6.07 Å². The Morgan fingerprint density at radius 1 is 1.35 bits per heavy atom. The molecule has 1 fully saturated rings. The Morgan fingerprint density at radius 3 is 2.87 bits per heavy atom. The van der Waals surface area contributed by atoms with Crippen molar-refractivity contribution < 1.29 is 4.79 Å². The number of anilines is 1. The second-order valence-electron chi connectivity index (χ2n) is 8.26. The molecule has 1 saturated heterocycles. The summed E-state index contributed by atoms with van der Waals surface area (Å²) in [6.45, 7) is 9.42. The predicted octanol–water partition coefficient (Wildman–Crippen LogP) is 3.82. The van der Waals surface area contributed by atoms with Crippen LogP contribution in [0.2, 0.25) is 0 Å². The molecular formula is C23H41IN6O. The van der Waals surface area contributed by atoms with Gasteiger partial charge in [0, 0.05) is 37.4 Å². The number of pyridine rings is 1. The molecule has 0 aromatic carbocycles. The van der Waals surface area contributed by atoms with Gasteiger partial charge in [-0.25, -0.2) is 9.98 Å². The Hall–Kier alpha value is -1.58. The summed E-state index contributed by atoms with van der Waals surface area (Å²) in [5, 5.41) is 6.88. The van der Waals surface area contributed by atoms with Crippen molar-refractivity contribution in [2.24, 2.45) is 16.6 Å². The number of hydrogen-bond donors (Lipinski definition) is 3. The maximum Gasteiger partial charge on any atom is 0.222 e. The minimum absolute atomic E-state index is 0. The third-order valence-electron chi connectivity index (χ3n) is 5.62. The summed E-state index contributed by atoms with van der Waals surface area (Å²) in [4.78, 5) is 23.3. The summed E-state index contributed by atoms with van der Waals surface area (Å²) in [6.07, 6.45) is 9.85. The minimum Gasteiger partial charge on any atom is -0.369 e. The van der Waals surface area contributed by atoms with E-state index in [0.29, 0.717) is 19.1 Å². The van der Waals surface area contributed by atoms with Crippen molar-refractivity contribution in [3.63, 3.8) is 0 Å². The number of nitrogens with two attached hydrogens (primary N) is 1. The van der Waals surface area contributed by atoms with E-state index in [2.05, 4.69) is 47.4 Å². The van der Waals surface area contributed by atoms with Gasteiger partial charge in [-0.15, -0.1) is 24.0 Å². The first-order valence-corrected chi connectivity index (χ1v) is 11.6. The van der Waals surface area contributed by atoms with Gasteiger partial charge < -0.3 is 21.3 Å². The Morgan fingerprint density at radius 2 is 2.16 bits per heavy atom. The smallest absolute Gasteiger partial charge is 0.222 e. The van der Waals surface area contributed by atoms with Gasteiger partial charge in [0.05, 0.1) is 12.5 Å². The third-order valence-corrected chi connectivity index (χ3v) is 5.62. The van der Waals surface area contributed by atoms with Crippen LogP contribution >= 0.6 is 24.0 Å². The number of hydrogen-bond acceptors (Lipinski definition) is 4. The zero-order valence-electron chi connectivity index (χ0n) is 19.4. The van der Waals surface area contributed by atoms with Crippen molar-refractivity contribution in [2.75, 3.05) is 24.5 Å². The van der Waals surface area contributed by atoms with E-state index in [4.69, 9.17) is 10.7 Å². The number of primary amides is 1. The standard InChI is InChI=1S/C23H40N6O.HI/c1-4-6-7-8-11-18(3)28-23(25-5-2)27-16-19-12-9-14-26-22(19)29-15-10-13-20(17-29)21(24)30;/h9,12,14,18,20H,4-8,10-11,13,15-17H2,1-3H3,(H2,24,30)(H2,25,27,28);1H. The van der Waals surface area contributed by atoms with Crippen LogP contribution in [0.5, 0.6) is 0 Å². The van der Waals surface area contributed by atoms with Gasteiger partial charge in [0.25, 0.3) is 0 Å². The van der Waals surface area contributed by atoms with Gasteiger partial charge in [0.2, 0.25) is 5.91 Å². The average Bonchev–Trinajstić information content (AvgIpc) is 2.75. The van der Waals surface area contributed by atoms with Gasteiger partial charge in [0.15, 0.2) is 5.96 Å². The van der Waals surface area contributed by atoms with Gasteiger partial charge in [-0.3, -0.25) is 4.79 Å². The van der Waals surface area contributed by atoms with Gasteiger partial charge >= 0.3 is 0 Å². The highest BCUT2D eigenvalue weighted by molar-refractivity contribution is 14.0.